The van der Waals surface area contributed by atoms with Crippen LogP contribution >= 0.6 is 0 Å². The summed E-state index contributed by atoms with van der Waals surface area (Å²) in [6, 6.07) is 12.0. The second-order valence-corrected chi connectivity index (χ2v) is 20.2. The van der Waals surface area contributed by atoms with E-state index in [0.717, 1.165) is 93.8 Å². The summed E-state index contributed by atoms with van der Waals surface area (Å²) in [6.45, 7) is 12.7. The van der Waals surface area contributed by atoms with Crippen LogP contribution in [0.2, 0.25) is 0 Å². The number of nitrogen functional groups attached to an aromatic ring is 1. The van der Waals surface area contributed by atoms with Crippen LogP contribution in [0.1, 0.15) is 34.3 Å². The van der Waals surface area contributed by atoms with E-state index in [4.69, 9.17) is 29.5 Å². The molecular weight excluding hydrogens is 821 g/mol. The lowest BCUT2D eigenvalue weighted by Gasteiger charge is -2.26. The summed E-state index contributed by atoms with van der Waals surface area (Å²) in [5, 5.41) is 11.2. The van der Waals surface area contributed by atoms with Gasteiger partial charge in [-0.25, -0.2) is 31.8 Å². The number of fused-ring (bicyclic) bond motifs is 1. The van der Waals surface area contributed by atoms with E-state index in [1.165, 1.54) is 5.56 Å². The predicted octanol–water partition coefficient (Wildman–Crippen LogP) is 4.31. The third-order valence-electron chi connectivity index (χ3n) is 11.3. The summed E-state index contributed by atoms with van der Waals surface area (Å²) in [4.78, 5) is 18.5. The largest absolute Gasteiger partial charge is 0.497 e. The number of sulfone groups is 2. The van der Waals surface area contributed by atoms with Crippen molar-refractivity contribution in [3.63, 3.8) is 0 Å². The molecule has 17 nitrogen and oxygen atoms in total. The summed E-state index contributed by atoms with van der Waals surface area (Å²) >= 11 is 0. The number of benzene rings is 1. The topological polar surface area (TPSA) is 218 Å². The summed E-state index contributed by atoms with van der Waals surface area (Å²) in [5.74, 6) is 4.84. The van der Waals surface area contributed by atoms with Crippen LogP contribution in [0.4, 0.5) is 11.5 Å². The predicted molar refractivity (Wildman–Crippen MR) is 235 cm³/mol. The molecule has 19 heteroatoms. The highest BCUT2D eigenvalue weighted by Crippen LogP contribution is 2.31. The molecule has 2 aliphatic rings. The van der Waals surface area contributed by atoms with Crippen LogP contribution in [0.5, 0.6) is 5.75 Å². The first-order valence-corrected chi connectivity index (χ1v) is 24.0. The number of rotatable bonds is 13. The molecule has 61 heavy (non-hydrogen) atoms. The van der Waals surface area contributed by atoms with Crippen molar-refractivity contribution in [2.24, 2.45) is 0 Å². The molecule has 2 aliphatic heterocycles. The van der Waals surface area contributed by atoms with E-state index >= 15 is 0 Å². The number of pyridine rings is 2. The maximum absolute atomic E-state index is 11.8. The molecule has 3 N–H and O–H groups in total. The van der Waals surface area contributed by atoms with Crippen LogP contribution < -0.4 is 15.8 Å². The Kier molecular flexibility index (Phi) is 13.4. The number of aromatic nitrogens is 6. The Morgan fingerprint density at radius 1 is 0.738 bits per heavy atom. The van der Waals surface area contributed by atoms with Crippen molar-refractivity contribution in [2.75, 3.05) is 87.0 Å². The molecular formula is C42H54N10O7S2. The van der Waals surface area contributed by atoms with Crippen LogP contribution in [0.25, 0.3) is 33.4 Å². The van der Waals surface area contributed by atoms with Gasteiger partial charge in [0.2, 0.25) is 0 Å². The van der Waals surface area contributed by atoms with Gasteiger partial charge < -0.3 is 29.4 Å². The average molecular weight is 875 g/mol. The molecule has 326 valence electrons. The average Bonchev–Trinajstić information content (AvgIpc) is 3.89. The molecule has 1 aromatic carbocycles. The van der Waals surface area contributed by atoms with Crippen LogP contribution in [0.15, 0.2) is 57.8 Å². The highest BCUT2D eigenvalue weighted by Gasteiger charge is 2.24. The van der Waals surface area contributed by atoms with E-state index in [0.29, 0.717) is 50.8 Å². The van der Waals surface area contributed by atoms with Gasteiger partial charge in [0.05, 0.1) is 47.2 Å². The van der Waals surface area contributed by atoms with Gasteiger partial charge in [-0.3, -0.25) is 9.80 Å². The van der Waals surface area contributed by atoms with E-state index in [1.54, 1.807) is 13.3 Å². The molecule has 0 bridgehead atoms. The Labute approximate surface area is 356 Å². The van der Waals surface area contributed by atoms with Crippen molar-refractivity contribution >= 4 is 42.3 Å². The molecule has 6 aromatic rings. The van der Waals surface area contributed by atoms with E-state index in [-0.39, 0.29) is 23.0 Å². The van der Waals surface area contributed by atoms with Crippen LogP contribution in [0, 0.1) is 27.7 Å². The Bertz CT molecular complexity index is 2630. The molecule has 0 saturated carbocycles. The molecule has 0 atom stereocenters. The maximum atomic E-state index is 11.8. The van der Waals surface area contributed by atoms with Gasteiger partial charge >= 0.3 is 0 Å². The Morgan fingerprint density at radius 2 is 1.30 bits per heavy atom. The minimum atomic E-state index is -2.90. The molecule has 2 fully saturated rings. The van der Waals surface area contributed by atoms with Gasteiger partial charge in [0.25, 0.3) is 0 Å². The molecule has 0 spiro atoms. The normalized spacial score (nSPS) is 16.6. The molecule has 2 saturated heterocycles. The quantitative estimate of drug-likeness (QED) is 0.165. The number of nitrogens with zero attached hydrogens (tertiary/aromatic N) is 8. The van der Waals surface area contributed by atoms with Gasteiger partial charge in [-0.1, -0.05) is 22.4 Å². The van der Waals surface area contributed by atoms with Crippen molar-refractivity contribution in [1.82, 2.24) is 39.6 Å². The molecule has 0 aliphatic carbocycles. The number of anilines is 2. The van der Waals surface area contributed by atoms with E-state index < -0.39 is 19.7 Å². The Hall–Kier alpha value is -5.37. The van der Waals surface area contributed by atoms with Crippen molar-refractivity contribution in [1.29, 1.82) is 0 Å². The fourth-order valence-corrected chi connectivity index (χ4v) is 10.3. The molecule has 0 radical (unpaired) electrons. The molecule has 8 rings (SSSR count). The van der Waals surface area contributed by atoms with Gasteiger partial charge in [-0.15, -0.1) is 0 Å². The zero-order valence-electron chi connectivity index (χ0n) is 35.3. The maximum Gasteiger partial charge on any atom is 0.160 e. The summed E-state index contributed by atoms with van der Waals surface area (Å²) in [5.41, 5.74) is 14.9. The first-order chi connectivity index (χ1) is 29.2. The molecule has 0 amide bonds. The third kappa shape index (κ3) is 10.8. The van der Waals surface area contributed by atoms with E-state index in [2.05, 4.69) is 53.2 Å². The summed E-state index contributed by atoms with van der Waals surface area (Å²) in [6.07, 6.45) is 5.20. The lowest BCUT2D eigenvalue weighted by Crippen LogP contribution is -2.42. The first kappa shape index (κ1) is 43.7. The SMILES string of the molecule is COc1ccc(CCc2nc3cc(-c4c(C)noc4C)cnc3n2CCN2CCS(=O)(=O)CC2)cc1.Cc1noc(C)c1-c1cnc(NCCN2CCS(=O)(=O)CC2)c(N)c1. The van der Waals surface area contributed by atoms with Crippen LogP contribution in [-0.4, -0.2) is 132 Å². The number of hydrogen-bond donors (Lipinski definition) is 2. The van der Waals surface area contributed by atoms with Gasteiger partial charge in [-0.2, -0.15) is 0 Å². The second kappa shape index (κ2) is 18.7. The van der Waals surface area contributed by atoms with Crippen molar-refractivity contribution in [2.45, 2.75) is 47.1 Å². The molecule has 5 aromatic heterocycles. The standard InChI is InChI=1S/C26H31N5O4S.C16H23N5O3S/c1-18-25(19(2)35-29-18)21-16-23-26(27-17-21)31(11-10-30-12-14-36(32,33)15-13-30)24(28-23)9-6-20-4-7-22(34-3)8-5-20;1-11-15(12(2)24-20-11)13-9-14(17)16(19-10-13)18-3-4-21-5-7-25(22,23)8-6-21/h4-5,7-8,16-17H,6,9-15H2,1-3H3;9-10H,3-8,17H2,1-2H3,(H,18,19). The lowest BCUT2D eigenvalue weighted by molar-refractivity contribution is 0.283. The number of ether oxygens (including phenoxy) is 1. The van der Waals surface area contributed by atoms with E-state index in [1.807, 2.05) is 52.1 Å². The summed E-state index contributed by atoms with van der Waals surface area (Å²) < 4.78 is 64.5. The number of hydrogen-bond acceptors (Lipinski definition) is 16. The van der Waals surface area contributed by atoms with Gasteiger partial charge in [0, 0.05) is 93.4 Å². The zero-order valence-corrected chi connectivity index (χ0v) is 37.0. The number of imidazole rings is 1. The third-order valence-corrected chi connectivity index (χ3v) is 14.5. The second-order valence-electron chi connectivity index (χ2n) is 15.6. The summed E-state index contributed by atoms with van der Waals surface area (Å²) in [7, 11) is -4.08. The monoisotopic (exact) mass is 874 g/mol. The number of methoxy groups -OCH3 is 1. The van der Waals surface area contributed by atoms with Crippen molar-refractivity contribution in [3.8, 4) is 28.0 Å². The zero-order chi connectivity index (χ0) is 43.3. The fourth-order valence-electron chi connectivity index (χ4n) is 7.75. The van der Waals surface area contributed by atoms with Gasteiger partial charge in [0.1, 0.15) is 34.4 Å². The van der Waals surface area contributed by atoms with Crippen molar-refractivity contribution in [3.05, 3.63) is 83.1 Å². The van der Waals surface area contributed by atoms with Crippen LogP contribution in [0.3, 0.4) is 0 Å². The lowest BCUT2D eigenvalue weighted by atomic mass is 10.1. The van der Waals surface area contributed by atoms with Crippen molar-refractivity contribution < 1.29 is 30.6 Å². The molecule has 0 unspecified atom stereocenters. The molecule has 7 heterocycles. The Balaban J connectivity index is 0.000000197. The highest BCUT2D eigenvalue weighted by atomic mass is 32.2. The Morgan fingerprint density at radius 3 is 1.84 bits per heavy atom. The number of nitrogens with two attached hydrogens (primary N) is 1. The first-order valence-electron chi connectivity index (χ1n) is 20.4. The number of nitrogens with one attached hydrogen (secondary N) is 1. The van der Waals surface area contributed by atoms with Crippen LogP contribution in [-0.2, 0) is 39.1 Å². The smallest absolute Gasteiger partial charge is 0.160 e. The van der Waals surface area contributed by atoms with Gasteiger partial charge in [0.15, 0.2) is 25.3 Å². The highest BCUT2D eigenvalue weighted by molar-refractivity contribution is 7.91. The fraction of sp³-hybridized carbons (Fsp3) is 0.452. The minimum Gasteiger partial charge on any atom is -0.497 e. The number of aryl methyl sites for hydroxylation is 6. The minimum absolute atomic E-state index is 0.223. The van der Waals surface area contributed by atoms with Gasteiger partial charge in [-0.05, 0) is 63.9 Å². The van der Waals surface area contributed by atoms with E-state index in [9.17, 15) is 16.8 Å².